The Labute approximate surface area is 120 Å². The van der Waals surface area contributed by atoms with E-state index in [9.17, 15) is 4.79 Å². The van der Waals surface area contributed by atoms with E-state index in [1.165, 1.54) is 12.7 Å². The summed E-state index contributed by atoms with van der Waals surface area (Å²) in [6, 6.07) is 11.0. The van der Waals surface area contributed by atoms with Gasteiger partial charge in [0.1, 0.15) is 6.04 Å². The van der Waals surface area contributed by atoms with Gasteiger partial charge in [0.15, 0.2) is 0 Å². The van der Waals surface area contributed by atoms with E-state index >= 15 is 0 Å². The number of carbonyl (C=O) groups excluding carboxylic acids is 1. The zero-order valence-corrected chi connectivity index (χ0v) is 12.4. The molecule has 1 aliphatic heterocycles. The number of benzene rings is 1. The van der Waals surface area contributed by atoms with Gasteiger partial charge in [0.05, 0.1) is 7.11 Å². The minimum atomic E-state index is -0.209. The summed E-state index contributed by atoms with van der Waals surface area (Å²) in [6.45, 7) is 5.01. The van der Waals surface area contributed by atoms with Crippen LogP contribution in [0.4, 0.5) is 0 Å². The second kappa shape index (κ2) is 6.86. The van der Waals surface area contributed by atoms with Crippen molar-refractivity contribution in [3.63, 3.8) is 0 Å². The Morgan fingerprint density at radius 2 is 2.05 bits per heavy atom. The van der Waals surface area contributed by atoms with Crippen molar-refractivity contribution in [2.75, 3.05) is 13.7 Å². The number of esters is 1. The molecular weight excluding hydrogens is 252 g/mol. The van der Waals surface area contributed by atoms with Crippen LogP contribution in [0.15, 0.2) is 30.3 Å². The molecule has 1 fully saturated rings. The number of hydrogen-bond donors (Lipinski definition) is 2. The fourth-order valence-electron chi connectivity index (χ4n) is 2.49. The Kier molecular flexibility index (Phi) is 5.15. The van der Waals surface area contributed by atoms with Gasteiger partial charge in [-0.15, -0.1) is 0 Å². The molecule has 4 nitrogen and oxygen atoms in total. The standard InChI is InChI=1S/C16H24N2O2/c1-11(2)9-13(16(19)20-3)17-10-14-15(18-14)12-7-5-4-6-8-12/h4-8,11,13-15,17-18H,9-10H2,1-3H3/t13-,14?,15?/m1/s1. The Hall–Kier alpha value is -1.39. The van der Waals surface area contributed by atoms with Crippen molar-refractivity contribution in [3.8, 4) is 0 Å². The zero-order chi connectivity index (χ0) is 14.5. The zero-order valence-electron chi connectivity index (χ0n) is 12.4. The molecule has 0 bridgehead atoms. The molecule has 3 atom stereocenters. The van der Waals surface area contributed by atoms with Crippen LogP contribution in [0, 0.1) is 5.92 Å². The summed E-state index contributed by atoms with van der Waals surface area (Å²) in [7, 11) is 1.44. The molecule has 1 heterocycles. The third-order valence-corrected chi connectivity index (χ3v) is 3.62. The van der Waals surface area contributed by atoms with E-state index in [0.717, 1.165) is 13.0 Å². The average Bonchev–Trinajstić information content (AvgIpc) is 3.22. The third-order valence-electron chi connectivity index (χ3n) is 3.62. The highest BCUT2D eigenvalue weighted by Gasteiger charge is 2.37. The summed E-state index contributed by atoms with van der Waals surface area (Å²) in [5.41, 5.74) is 1.30. The van der Waals surface area contributed by atoms with E-state index in [0.29, 0.717) is 18.0 Å². The molecule has 2 rings (SSSR count). The van der Waals surface area contributed by atoms with E-state index in [2.05, 4.69) is 48.7 Å². The molecule has 4 heteroatoms. The predicted molar refractivity (Wildman–Crippen MR) is 79.4 cm³/mol. The van der Waals surface area contributed by atoms with Gasteiger partial charge in [-0.1, -0.05) is 44.2 Å². The van der Waals surface area contributed by atoms with Crippen LogP contribution in [0.25, 0.3) is 0 Å². The molecule has 1 saturated heterocycles. The van der Waals surface area contributed by atoms with Gasteiger partial charge in [0, 0.05) is 18.6 Å². The van der Waals surface area contributed by atoms with Gasteiger partial charge in [-0.25, -0.2) is 0 Å². The molecule has 0 aromatic heterocycles. The van der Waals surface area contributed by atoms with Crippen LogP contribution in [0.3, 0.4) is 0 Å². The van der Waals surface area contributed by atoms with Gasteiger partial charge in [-0.05, 0) is 17.9 Å². The van der Waals surface area contributed by atoms with Gasteiger partial charge >= 0.3 is 5.97 Å². The Morgan fingerprint density at radius 3 is 2.65 bits per heavy atom. The lowest BCUT2D eigenvalue weighted by Gasteiger charge is -2.18. The van der Waals surface area contributed by atoms with E-state index < -0.39 is 0 Å². The van der Waals surface area contributed by atoms with Crippen molar-refractivity contribution in [3.05, 3.63) is 35.9 Å². The number of methoxy groups -OCH3 is 1. The Balaban J connectivity index is 1.81. The molecule has 0 amide bonds. The molecule has 0 radical (unpaired) electrons. The minimum Gasteiger partial charge on any atom is -0.468 e. The fraction of sp³-hybridized carbons (Fsp3) is 0.562. The Morgan fingerprint density at radius 1 is 1.35 bits per heavy atom. The SMILES string of the molecule is COC(=O)[C@@H](CC(C)C)NCC1NC1c1ccccc1. The monoisotopic (exact) mass is 276 g/mol. The minimum absolute atomic E-state index is 0.171. The maximum Gasteiger partial charge on any atom is 0.322 e. The van der Waals surface area contributed by atoms with Crippen molar-refractivity contribution in [1.82, 2.24) is 10.6 Å². The van der Waals surface area contributed by atoms with Gasteiger partial charge in [-0.3, -0.25) is 4.79 Å². The maximum absolute atomic E-state index is 11.7. The molecule has 1 aliphatic rings. The highest BCUT2D eigenvalue weighted by Crippen LogP contribution is 2.28. The topological polar surface area (TPSA) is 60.3 Å². The highest BCUT2D eigenvalue weighted by atomic mass is 16.5. The van der Waals surface area contributed by atoms with Crippen molar-refractivity contribution in [1.29, 1.82) is 0 Å². The molecule has 0 saturated carbocycles. The first-order chi connectivity index (χ1) is 9.61. The van der Waals surface area contributed by atoms with Crippen molar-refractivity contribution < 1.29 is 9.53 Å². The summed E-state index contributed by atoms with van der Waals surface area (Å²) in [5, 5.41) is 6.76. The largest absolute Gasteiger partial charge is 0.468 e. The predicted octanol–water partition coefficient (Wildman–Crippen LogP) is 1.88. The van der Waals surface area contributed by atoms with Crippen molar-refractivity contribution in [2.45, 2.75) is 38.4 Å². The van der Waals surface area contributed by atoms with Crippen LogP contribution < -0.4 is 10.6 Å². The van der Waals surface area contributed by atoms with Gasteiger partial charge in [-0.2, -0.15) is 0 Å². The number of carbonyl (C=O) groups is 1. The summed E-state index contributed by atoms with van der Waals surface area (Å²) in [6.07, 6.45) is 0.801. The van der Waals surface area contributed by atoms with Gasteiger partial charge < -0.3 is 15.4 Å². The van der Waals surface area contributed by atoms with E-state index in [-0.39, 0.29) is 12.0 Å². The molecule has 1 aromatic rings. The van der Waals surface area contributed by atoms with Crippen molar-refractivity contribution in [2.24, 2.45) is 5.92 Å². The summed E-state index contributed by atoms with van der Waals surface area (Å²) in [5.74, 6) is 0.291. The van der Waals surface area contributed by atoms with Gasteiger partial charge in [0.2, 0.25) is 0 Å². The lowest BCUT2D eigenvalue weighted by molar-refractivity contribution is -0.143. The summed E-state index contributed by atoms with van der Waals surface area (Å²) < 4.78 is 4.86. The summed E-state index contributed by atoms with van der Waals surface area (Å²) >= 11 is 0. The molecule has 20 heavy (non-hydrogen) atoms. The van der Waals surface area contributed by atoms with E-state index in [1.54, 1.807) is 0 Å². The van der Waals surface area contributed by atoms with Crippen LogP contribution in [-0.2, 0) is 9.53 Å². The fourth-order valence-corrected chi connectivity index (χ4v) is 2.49. The second-order valence-corrected chi connectivity index (χ2v) is 5.78. The molecule has 2 unspecified atom stereocenters. The van der Waals surface area contributed by atoms with Gasteiger partial charge in [0.25, 0.3) is 0 Å². The molecule has 0 spiro atoms. The first-order valence-corrected chi connectivity index (χ1v) is 7.24. The highest BCUT2D eigenvalue weighted by molar-refractivity contribution is 5.75. The molecule has 110 valence electrons. The van der Waals surface area contributed by atoms with Crippen LogP contribution in [0.2, 0.25) is 0 Å². The first-order valence-electron chi connectivity index (χ1n) is 7.24. The van der Waals surface area contributed by atoms with Crippen LogP contribution >= 0.6 is 0 Å². The third kappa shape index (κ3) is 4.05. The lowest BCUT2D eigenvalue weighted by Crippen LogP contribution is -2.41. The molecular formula is C16H24N2O2. The number of nitrogens with one attached hydrogen (secondary N) is 2. The maximum atomic E-state index is 11.7. The lowest BCUT2D eigenvalue weighted by atomic mass is 10.0. The van der Waals surface area contributed by atoms with Crippen LogP contribution in [0.5, 0.6) is 0 Å². The molecule has 2 N–H and O–H groups in total. The van der Waals surface area contributed by atoms with E-state index in [4.69, 9.17) is 4.74 Å². The summed E-state index contributed by atoms with van der Waals surface area (Å²) in [4.78, 5) is 11.7. The van der Waals surface area contributed by atoms with Crippen LogP contribution in [-0.4, -0.2) is 31.7 Å². The average molecular weight is 276 g/mol. The second-order valence-electron chi connectivity index (χ2n) is 5.78. The molecule has 1 aromatic carbocycles. The number of hydrogen-bond acceptors (Lipinski definition) is 4. The van der Waals surface area contributed by atoms with E-state index in [1.807, 2.05) is 6.07 Å². The first kappa shape index (κ1) is 15.0. The quantitative estimate of drug-likeness (QED) is 0.589. The normalized spacial score (nSPS) is 22.6. The number of rotatable bonds is 7. The van der Waals surface area contributed by atoms with Crippen LogP contribution in [0.1, 0.15) is 31.9 Å². The molecule has 0 aliphatic carbocycles. The smallest absolute Gasteiger partial charge is 0.322 e. The van der Waals surface area contributed by atoms with Crippen molar-refractivity contribution >= 4 is 5.97 Å². The Bertz CT molecular complexity index is 433. The number of ether oxygens (including phenoxy) is 1.